The minimum atomic E-state index is -0.157. The molecule has 0 saturated carbocycles. The van der Waals surface area contributed by atoms with Gasteiger partial charge in [0.25, 0.3) is 0 Å². The molecule has 0 aromatic rings. The van der Waals surface area contributed by atoms with Crippen LogP contribution in [0.25, 0.3) is 0 Å². The lowest BCUT2D eigenvalue weighted by atomic mass is 10.1. The van der Waals surface area contributed by atoms with Crippen molar-refractivity contribution in [1.82, 2.24) is 0 Å². The maximum Gasteiger partial charge on any atom is 0.302 e. The Hall–Kier alpha value is -1.05. The van der Waals surface area contributed by atoms with Crippen LogP contribution in [0.1, 0.15) is 65.2 Å². The van der Waals surface area contributed by atoms with Crippen molar-refractivity contribution in [2.24, 2.45) is 0 Å². The zero-order valence-electron chi connectivity index (χ0n) is 12.0. The van der Waals surface area contributed by atoms with Crippen molar-refractivity contribution in [1.29, 1.82) is 0 Å². The SMILES string of the molecule is C=CC=CCCCCCCCC(CC)OC(C)=O. The predicted octanol–water partition coefficient (Wildman–Crippen LogP) is 4.80. The number of hydrogen-bond donors (Lipinski definition) is 0. The minimum Gasteiger partial charge on any atom is -0.463 e. The summed E-state index contributed by atoms with van der Waals surface area (Å²) in [7, 11) is 0. The first-order valence-corrected chi connectivity index (χ1v) is 7.15. The largest absolute Gasteiger partial charge is 0.463 e. The lowest BCUT2D eigenvalue weighted by Gasteiger charge is -2.14. The standard InChI is InChI=1S/C16H28O2/c1-4-6-7-8-9-10-11-12-13-14-16(5-2)18-15(3)17/h4,6-7,16H,1,5,8-14H2,2-3H3. The molecule has 0 bridgehead atoms. The highest BCUT2D eigenvalue weighted by Gasteiger charge is 2.08. The van der Waals surface area contributed by atoms with Crippen LogP contribution < -0.4 is 0 Å². The maximum absolute atomic E-state index is 10.8. The number of hydrogen-bond acceptors (Lipinski definition) is 2. The number of esters is 1. The van der Waals surface area contributed by atoms with Gasteiger partial charge in [0.1, 0.15) is 6.10 Å². The number of rotatable bonds is 11. The third-order valence-electron chi connectivity index (χ3n) is 2.96. The minimum absolute atomic E-state index is 0.123. The van der Waals surface area contributed by atoms with Crippen molar-refractivity contribution in [2.45, 2.75) is 71.3 Å². The van der Waals surface area contributed by atoms with Crippen LogP contribution in [0, 0.1) is 0 Å². The number of carbonyl (C=O) groups excluding carboxylic acids is 1. The monoisotopic (exact) mass is 252 g/mol. The van der Waals surface area contributed by atoms with Gasteiger partial charge in [-0.25, -0.2) is 0 Å². The number of carbonyl (C=O) groups is 1. The summed E-state index contributed by atoms with van der Waals surface area (Å²) in [6.07, 6.45) is 15.4. The van der Waals surface area contributed by atoms with E-state index in [1.165, 1.54) is 32.6 Å². The molecule has 0 aliphatic rings. The molecule has 0 N–H and O–H groups in total. The van der Waals surface area contributed by atoms with Crippen LogP contribution in [0.5, 0.6) is 0 Å². The molecule has 1 unspecified atom stereocenters. The van der Waals surface area contributed by atoms with Gasteiger partial charge in [-0.2, -0.15) is 0 Å². The van der Waals surface area contributed by atoms with Gasteiger partial charge in [0.05, 0.1) is 0 Å². The van der Waals surface area contributed by atoms with E-state index in [1.807, 2.05) is 12.2 Å². The van der Waals surface area contributed by atoms with E-state index < -0.39 is 0 Å². The third kappa shape index (κ3) is 11.4. The van der Waals surface area contributed by atoms with Gasteiger partial charge in [-0.15, -0.1) is 0 Å². The molecule has 0 aliphatic carbocycles. The third-order valence-corrected chi connectivity index (χ3v) is 2.96. The van der Waals surface area contributed by atoms with E-state index >= 15 is 0 Å². The molecule has 0 spiro atoms. The molecule has 18 heavy (non-hydrogen) atoms. The highest BCUT2D eigenvalue weighted by molar-refractivity contribution is 5.66. The molecular formula is C16H28O2. The summed E-state index contributed by atoms with van der Waals surface area (Å²) in [4.78, 5) is 10.8. The normalized spacial score (nSPS) is 12.6. The topological polar surface area (TPSA) is 26.3 Å². The van der Waals surface area contributed by atoms with Gasteiger partial charge in [-0.05, 0) is 32.1 Å². The van der Waals surface area contributed by atoms with Crippen molar-refractivity contribution in [2.75, 3.05) is 0 Å². The van der Waals surface area contributed by atoms with Crippen LogP contribution in [-0.4, -0.2) is 12.1 Å². The molecule has 2 heteroatoms. The van der Waals surface area contributed by atoms with Crippen molar-refractivity contribution in [3.8, 4) is 0 Å². The van der Waals surface area contributed by atoms with E-state index in [-0.39, 0.29) is 12.1 Å². The van der Waals surface area contributed by atoms with E-state index in [1.54, 1.807) is 0 Å². The molecule has 1 atom stereocenters. The first kappa shape index (κ1) is 16.9. The second-order valence-corrected chi connectivity index (χ2v) is 4.65. The fourth-order valence-corrected chi connectivity index (χ4v) is 1.94. The van der Waals surface area contributed by atoms with Gasteiger partial charge in [0.15, 0.2) is 0 Å². The second-order valence-electron chi connectivity index (χ2n) is 4.65. The van der Waals surface area contributed by atoms with E-state index in [9.17, 15) is 4.79 Å². The summed E-state index contributed by atoms with van der Waals surface area (Å²) in [6.45, 7) is 7.20. The van der Waals surface area contributed by atoms with Crippen molar-refractivity contribution in [3.05, 3.63) is 24.8 Å². The average Bonchev–Trinajstić information content (AvgIpc) is 2.35. The Morgan fingerprint density at radius 1 is 1.22 bits per heavy atom. The van der Waals surface area contributed by atoms with Gasteiger partial charge in [-0.3, -0.25) is 4.79 Å². The highest BCUT2D eigenvalue weighted by Crippen LogP contribution is 2.12. The molecule has 0 rings (SSSR count). The Morgan fingerprint density at radius 2 is 1.89 bits per heavy atom. The van der Waals surface area contributed by atoms with Crippen LogP contribution in [0.15, 0.2) is 24.8 Å². The maximum atomic E-state index is 10.8. The number of ether oxygens (including phenoxy) is 1. The zero-order chi connectivity index (χ0) is 13.6. The summed E-state index contributed by atoms with van der Waals surface area (Å²) in [6, 6.07) is 0. The molecule has 104 valence electrons. The molecular weight excluding hydrogens is 224 g/mol. The van der Waals surface area contributed by atoms with Gasteiger partial charge < -0.3 is 4.74 Å². The lowest BCUT2D eigenvalue weighted by molar-refractivity contribution is -0.146. The Bertz CT molecular complexity index is 243. The molecule has 0 aromatic heterocycles. The number of unbranched alkanes of at least 4 members (excludes halogenated alkanes) is 5. The molecule has 2 nitrogen and oxygen atoms in total. The van der Waals surface area contributed by atoms with E-state index in [2.05, 4.69) is 19.6 Å². The van der Waals surface area contributed by atoms with Crippen LogP contribution in [0.4, 0.5) is 0 Å². The first-order valence-electron chi connectivity index (χ1n) is 7.15. The Labute approximate surface area is 112 Å². The summed E-state index contributed by atoms with van der Waals surface area (Å²) < 4.78 is 5.21. The molecule has 0 saturated heterocycles. The van der Waals surface area contributed by atoms with Crippen molar-refractivity contribution >= 4 is 5.97 Å². The van der Waals surface area contributed by atoms with Gasteiger partial charge in [0, 0.05) is 6.92 Å². The number of allylic oxidation sites excluding steroid dienone is 3. The van der Waals surface area contributed by atoms with E-state index in [0.29, 0.717) is 0 Å². The van der Waals surface area contributed by atoms with Gasteiger partial charge >= 0.3 is 5.97 Å². The highest BCUT2D eigenvalue weighted by atomic mass is 16.5. The molecule has 0 amide bonds. The molecule has 0 heterocycles. The smallest absolute Gasteiger partial charge is 0.302 e. The quantitative estimate of drug-likeness (QED) is 0.300. The molecule has 0 aromatic carbocycles. The van der Waals surface area contributed by atoms with Crippen molar-refractivity contribution in [3.63, 3.8) is 0 Å². The second kappa shape index (κ2) is 12.4. The summed E-state index contributed by atoms with van der Waals surface area (Å²) in [5.41, 5.74) is 0. The van der Waals surface area contributed by atoms with Crippen LogP contribution in [0.3, 0.4) is 0 Å². The zero-order valence-corrected chi connectivity index (χ0v) is 12.0. The summed E-state index contributed by atoms with van der Waals surface area (Å²) in [5, 5.41) is 0. The first-order chi connectivity index (χ1) is 8.70. The molecule has 0 radical (unpaired) electrons. The van der Waals surface area contributed by atoms with E-state index in [0.717, 1.165) is 25.7 Å². The summed E-state index contributed by atoms with van der Waals surface area (Å²) >= 11 is 0. The van der Waals surface area contributed by atoms with Crippen LogP contribution in [0.2, 0.25) is 0 Å². The fraction of sp³-hybridized carbons (Fsp3) is 0.688. The van der Waals surface area contributed by atoms with Crippen LogP contribution >= 0.6 is 0 Å². The summed E-state index contributed by atoms with van der Waals surface area (Å²) in [5.74, 6) is -0.157. The van der Waals surface area contributed by atoms with Gasteiger partial charge in [0.2, 0.25) is 0 Å². The predicted molar refractivity (Wildman–Crippen MR) is 77.5 cm³/mol. The Morgan fingerprint density at radius 3 is 2.50 bits per heavy atom. The lowest BCUT2D eigenvalue weighted by Crippen LogP contribution is -2.14. The van der Waals surface area contributed by atoms with E-state index in [4.69, 9.17) is 4.74 Å². The Kier molecular flexibility index (Phi) is 11.7. The Balaban J connectivity index is 3.35. The molecule has 0 fully saturated rings. The van der Waals surface area contributed by atoms with Crippen molar-refractivity contribution < 1.29 is 9.53 Å². The van der Waals surface area contributed by atoms with Crippen LogP contribution in [-0.2, 0) is 9.53 Å². The molecule has 0 aliphatic heterocycles. The average molecular weight is 252 g/mol. The van der Waals surface area contributed by atoms with Gasteiger partial charge in [-0.1, -0.05) is 51.0 Å². The fourth-order valence-electron chi connectivity index (χ4n) is 1.94.